The predicted octanol–water partition coefficient (Wildman–Crippen LogP) is 0.871. The molecule has 0 radical (unpaired) electrons. The van der Waals surface area contributed by atoms with E-state index in [1.807, 2.05) is 6.92 Å². The van der Waals surface area contributed by atoms with Gasteiger partial charge in [-0.25, -0.2) is 0 Å². The summed E-state index contributed by atoms with van der Waals surface area (Å²) < 4.78 is 14.1. The third-order valence-corrected chi connectivity index (χ3v) is 1.49. The van der Waals surface area contributed by atoms with Gasteiger partial charge in [-0.3, -0.25) is 4.79 Å². The molecule has 0 bridgehead atoms. The molecule has 0 aliphatic carbocycles. The maximum Gasteiger partial charge on any atom is 0.694 e. The van der Waals surface area contributed by atoms with E-state index >= 15 is 0 Å². The average Bonchev–Trinajstić information content (AvgIpc) is 2.05. The number of carboxylic acid groups (broad SMARTS) is 1. The summed E-state index contributed by atoms with van der Waals surface area (Å²) in [7, 11) is -2.36. The van der Waals surface area contributed by atoms with Gasteiger partial charge in [-0.2, -0.15) is 0 Å². The lowest BCUT2D eigenvalue weighted by Crippen LogP contribution is -2.25. The molecule has 0 saturated heterocycles. The van der Waals surface area contributed by atoms with Crippen LogP contribution in [0.15, 0.2) is 0 Å². The van der Waals surface area contributed by atoms with E-state index in [0.717, 1.165) is 12.8 Å². The summed E-state index contributed by atoms with van der Waals surface area (Å²) in [6, 6.07) is -0.731. The fraction of sp³-hybridized carbons (Fsp3) is 0.857. The van der Waals surface area contributed by atoms with Gasteiger partial charge in [0.15, 0.2) is 0 Å². The van der Waals surface area contributed by atoms with Crippen LogP contribution < -0.4 is 5.73 Å². The van der Waals surface area contributed by atoms with E-state index in [1.54, 1.807) is 0 Å². The molecule has 0 aliphatic rings. The minimum absolute atomic E-state index is 0.391. The van der Waals surface area contributed by atoms with Gasteiger partial charge in [0.05, 0.1) is 0 Å². The van der Waals surface area contributed by atoms with Crippen molar-refractivity contribution >= 4 is 14.2 Å². The van der Waals surface area contributed by atoms with Crippen LogP contribution in [0, 0.1) is 0 Å². The highest BCUT2D eigenvalue weighted by molar-refractivity contribution is 7.32. The summed E-state index contributed by atoms with van der Waals surface area (Å²) in [5.41, 5.74) is 4.84. The van der Waals surface area contributed by atoms with Crippen molar-refractivity contribution in [3.63, 3.8) is 0 Å². The molecule has 7 heteroatoms. The topological polar surface area (TPSA) is 110 Å². The molecule has 4 N–H and O–H groups in total. The number of carbonyl (C=O) groups is 1. The van der Waals surface area contributed by atoms with Crippen molar-refractivity contribution in [2.24, 2.45) is 5.73 Å². The molecule has 0 saturated carbocycles. The number of rotatable bonds is 5. The smallest absolute Gasteiger partial charge is 0.480 e. The summed E-state index contributed by atoms with van der Waals surface area (Å²) >= 11 is 0. The third-order valence-electron chi connectivity index (χ3n) is 1.09. The SMILES string of the molecule is CC(N)C(=O)O.CCCCO[P+](=O)O. The number of hydrogen-bond acceptors (Lipinski definition) is 4. The highest BCUT2D eigenvalue weighted by Crippen LogP contribution is 2.14. The Morgan fingerprint density at radius 3 is 2.29 bits per heavy atom. The van der Waals surface area contributed by atoms with Crippen LogP contribution in [0.3, 0.4) is 0 Å². The van der Waals surface area contributed by atoms with E-state index in [4.69, 9.17) is 15.7 Å². The van der Waals surface area contributed by atoms with Crippen LogP contribution >= 0.6 is 8.25 Å². The largest absolute Gasteiger partial charge is 0.694 e. The molecule has 6 nitrogen and oxygen atoms in total. The molecule has 2 unspecified atom stereocenters. The maximum absolute atomic E-state index is 9.80. The van der Waals surface area contributed by atoms with Crippen molar-refractivity contribution in [1.82, 2.24) is 0 Å². The minimum atomic E-state index is -2.36. The first-order valence-electron chi connectivity index (χ1n) is 4.19. The average molecular weight is 226 g/mol. The Balaban J connectivity index is 0. The zero-order valence-electron chi connectivity index (χ0n) is 8.34. The maximum atomic E-state index is 9.80. The minimum Gasteiger partial charge on any atom is -0.480 e. The van der Waals surface area contributed by atoms with Crippen molar-refractivity contribution in [2.45, 2.75) is 32.7 Å². The Labute approximate surface area is 84.0 Å². The van der Waals surface area contributed by atoms with Crippen LogP contribution in [0.1, 0.15) is 26.7 Å². The van der Waals surface area contributed by atoms with E-state index in [0.29, 0.717) is 6.61 Å². The van der Waals surface area contributed by atoms with Crippen molar-refractivity contribution in [2.75, 3.05) is 6.61 Å². The number of nitrogens with two attached hydrogens (primary N) is 1. The molecule has 0 aromatic carbocycles. The van der Waals surface area contributed by atoms with E-state index in [9.17, 15) is 9.36 Å². The van der Waals surface area contributed by atoms with Crippen LogP contribution in [0.5, 0.6) is 0 Å². The summed E-state index contributed by atoms with van der Waals surface area (Å²) in [5, 5.41) is 7.87. The summed E-state index contributed by atoms with van der Waals surface area (Å²) in [4.78, 5) is 17.6. The Bertz CT molecular complexity index is 173. The van der Waals surface area contributed by atoms with Crippen LogP contribution in [-0.2, 0) is 13.9 Å². The van der Waals surface area contributed by atoms with Crippen molar-refractivity contribution < 1.29 is 23.9 Å². The fourth-order valence-corrected chi connectivity index (χ4v) is 0.572. The lowest BCUT2D eigenvalue weighted by molar-refractivity contribution is -0.138. The highest BCUT2D eigenvalue weighted by Gasteiger charge is 2.09. The number of unbranched alkanes of at least 4 members (excludes halogenated alkanes) is 1. The van der Waals surface area contributed by atoms with Gasteiger partial charge in [-0.1, -0.05) is 13.3 Å². The molecular weight excluding hydrogens is 209 g/mol. The third kappa shape index (κ3) is 17.5. The van der Waals surface area contributed by atoms with Crippen molar-refractivity contribution in [1.29, 1.82) is 0 Å². The molecular formula is C7H17NO5P+. The molecule has 0 aromatic rings. The molecule has 84 valence electrons. The second-order valence-corrected chi connectivity index (χ2v) is 3.29. The Morgan fingerprint density at radius 1 is 1.64 bits per heavy atom. The molecule has 0 aliphatic heterocycles. The zero-order chi connectivity index (χ0) is 11.6. The van der Waals surface area contributed by atoms with Gasteiger partial charge in [0, 0.05) is 4.57 Å². The number of aliphatic carboxylic acids is 1. The fourth-order valence-electron chi connectivity index (χ4n) is 0.287. The molecule has 0 amide bonds. The monoisotopic (exact) mass is 226 g/mol. The van der Waals surface area contributed by atoms with Gasteiger partial charge in [-0.05, 0) is 13.3 Å². The predicted molar refractivity (Wildman–Crippen MR) is 52.0 cm³/mol. The van der Waals surface area contributed by atoms with E-state index in [2.05, 4.69) is 4.52 Å². The molecule has 14 heavy (non-hydrogen) atoms. The standard InChI is InChI=1S/C4H9O3P.C3H7NO2/c1-2-3-4-7-8(5)6;1-2(4)3(5)6/h2-4H2,1H3;2H,4H2,1H3,(H,5,6)/p+1. The van der Waals surface area contributed by atoms with Gasteiger partial charge < -0.3 is 10.8 Å². The van der Waals surface area contributed by atoms with E-state index in [-0.39, 0.29) is 0 Å². The normalized spacial score (nSPS) is 12.4. The summed E-state index contributed by atoms with van der Waals surface area (Å²) in [6.07, 6.45) is 1.84. The number of carboxylic acids is 1. The molecule has 0 spiro atoms. The first-order valence-corrected chi connectivity index (χ1v) is 5.32. The van der Waals surface area contributed by atoms with E-state index in [1.165, 1.54) is 6.92 Å². The van der Waals surface area contributed by atoms with Gasteiger partial charge in [0.25, 0.3) is 0 Å². The summed E-state index contributed by atoms with van der Waals surface area (Å²) in [6.45, 7) is 3.80. The van der Waals surface area contributed by atoms with Crippen LogP contribution in [0.2, 0.25) is 0 Å². The second-order valence-electron chi connectivity index (χ2n) is 2.55. The molecule has 0 fully saturated rings. The van der Waals surface area contributed by atoms with Crippen molar-refractivity contribution in [3.05, 3.63) is 0 Å². The van der Waals surface area contributed by atoms with Crippen molar-refractivity contribution in [3.8, 4) is 0 Å². The Hall–Kier alpha value is -0.550. The van der Waals surface area contributed by atoms with E-state index < -0.39 is 20.3 Å². The molecule has 2 atom stereocenters. The molecule has 0 aromatic heterocycles. The molecule has 0 rings (SSSR count). The Morgan fingerprint density at radius 2 is 2.07 bits per heavy atom. The van der Waals surface area contributed by atoms with Crippen LogP contribution in [0.25, 0.3) is 0 Å². The zero-order valence-corrected chi connectivity index (χ0v) is 9.24. The lowest BCUT2D eigenvalue weighted by atomic mass is 10.4. The highest BCUT2D eigenvalue weighted by atomic mass is 31.1. The lowest BCUT2D eigenvalue weighted by Gasteiger charge is -1.90. The number of hydrogen-bond donors (Lipinski definition) is 3. The van der Waals surface area contributed by atoms with Crippen LogP contribution in [0.4, 0.5) is 0 Å². The van der Waals surface area contributed by atoms with Gasteiger partial charge in [-0.15, -0.1) is 9.42 Å². The first kappa shape index (κ1) is 15.9. The van der Waals surface area contributed by atoms with Crippen LogP contribution in [-0.4, -0.2) is 28.6 Å². The van der Waals surface area contributed by atoms with Gasteiger partial charge in [0.2, 0.25) is 0 Å². The quantitative estimate of drug-likeness (QED) is 0.474. The second kappa shape index (κ2) is 10.5. The summed E-state index contributed by atoms with van der Waals surface area (Å²) in [5.74, 6) is -0.963. The first-order chi connectivity index (χ1) is 6.41. The molecule has 0 heterocycles. The van der Waals surface area contributed by atoms with Gasteiger partial charge >= 0.3 is 14.2 Å². The Kier molecular flexibility index (Phi) is 12.0. The van der Waals surface area contributed by atoms with Gasteiger partial charge in [0.1, 0.15) is 12.6 Å².